The van der Waals surface area contributed by atoms with Gasteiger partial charge in [-0.2, -0.15) is 0 Å². The number of anilines is 1. The van der Waals surface area contributed by atoms with E-state index in [9.17, 15) is 9.90 Å². The second-order valence-corrected chi connectivity index (χ2v) is 4.99. The summed E-state index contributed by atoms with van der Waals surface area (Å²) in [6, 6.07) is 5.70. The number of hydrogen-bond donors (Lipinski definition) is 2. The minimum Gasteiger partial charge on any atom is -0.394 e. The molecule has 4 nitrogen and oxygen atoms in total. The van der Waals surface area contributed by atoms with Crippen molar-refractivity contribution in [3.63, 3.8) is 0 Å². The molecule has 0 aliphatic carbocycles. The molecule has 0 spiro atoms. The van der Waals surface area contributed by atoms with Gasteiger partial charge in [-0.3, -0.25) is 10.1 Å². The molecule has 2 unspecified atom stereocenters. The molecule has 0 bridgehead atoms. The second-order valence-electron chi connectivity index (χ2n) is 4.99. The van der Waals surface area contributed by atoms with Crippen LogP contribution in [0, 0.1) is 13.8 Å². The summed E-state index contributed by atoms with van der Waals surface area (Å²) in [5, 5.41) is 12.4. The van der Waals surface area contributed by atoms with Crippen LogP contribution in [-0.4, -0.2) is 36.2 Å². The number of nitrogens with one attached hydrogen (secondary N) is 1. The predicted octanol–water partition coefficient (Wildman–Crippen LogP) is 0.989. The van der Waals surface area contributed by atoms with E-state index in [4.69, 9.17) is 0 Å². The molecule has 1 heterocycles. The molecule has 2 rings (SSSR count). The van der Waals surface area contributed by atoms with Crippen LogP contribution in [-0.2, 0) is 4.79 Å². The van der Waals surface area contributed by atoms with Crippen molar-refractivity contribution in [3.8, 4) is 0 Å². The van der Waals surface area contributed by atoms with Crippen molar-refractivity contribution in [1.82, 2.24) is 5.32 Å². The Bertz CT molecular complexity index is 439. The number of aliphatic hydroxyl groups excluding tert-OH is 1. The van der Waals surface area contributed by atoms with Gasteiger partial charge in [0.15, 0.2) is 0 Å². The topological polar surface area (TPSA) is 52.6 Å². The Morgan fingerprint density at radius 3 is 2.56 bits per heavy atom. The fraction of sp³-hybridized carbons (Fsp3) is 0.500. The number of para-hydroxylation sites is 1. The lowest BCUT2D eigenvalue weighted by Crippen LogP contribution is -2.60. The number of carbonyl (C=O) groups excluding carboxylic acids is 1. The van der Waals surface area contributed by atoms with Crippen LogP contribution in [0.5, 0.6) is 0 Å². The number of hydrogen-bond acceptors (Lipinski definition) is 3. The molecule has 2 N–H and O–H groups in total. The third-order valence-corrected chi connectivity index (χ3v) is 3.40. The van der Waals surface area contributed by atoms with Gasteiger partial charge in [0, 0.05) is 18.3 Å². The van der Waals surface area contributed by atoms with E-state index in [1.165, 1.54) is 0 Å². The maximum absolute atomic E-state index is 12.3. The highest BCUT2D eigenvalue weighted by Crippen LogP contribution is 2.26. The van der Waals surface area contributed by atoms with Crippen LogP contribution in [0.2, 0.25) is 0 Å². The maximum atomic E-state index is 12.3. The summed E-state index contributed by atoms with van der Waals surface area (Å²) in [7, 11) is 0. The number of nitrogens with zero attached hydrogens (tertiary/aromatic N) is 1. The lowest BCUT2D eigenvalue weighted by Gasteiger charge is -2.37. The van der Waals surface area contributed by atoms with Gasteiger partial charge in [-0.05, 0) is 31.9 Å². The molecule has 0 aromatic heterocycles. The zero-order valence-electron chi connectivity index (χ0n) is 11.1. The molecule has 1 amide bonds. The molecule has 98 valence electrons. The highest BCUT2D eigenvalue weighted by Gasteiger charge is 2.33. The van der Waals surface area contributed by atoms with E-state index in [0.717, 1.165) is 16.8 Å². The summed E-state index contributed by atoms with van der Waals surface area (Å²) in [6.07, 6.45) is 0. The van der Waals surface area contributed by atoms with Crippen LogP contribution in [0.1, 0.15) is 18.1 Å². The van der Waals surface area contributed by atoms with Crippen LogP contribution in [0.15, 0.2) is 18.2 Å². The standard InChI is InChI=1S/C14H20N2O2/c1-9-5-4-6-10(2)13(9)16-7-11(3)15-12(8-17)14(16)18/h4-6,11-12,15,17H,7-8H2,1-3H3. The molecule has 0 saturated carbocycles. The molecule has 1 fully saturated rings. The first-order valence-electron chi connectivity index (χ1n) is 6.29. The van der Waals surface area contributed by atoms with E-state index < -0.39 is 6.04 Å². The summed E-state index contributed by atoms with van der Waals surface area (Å²) >= 11 is 0. The molecular weight excluding hydrogens is 228 g/mol. The van der Waals surface area contributed by atoms with Crippen molar-refractivity contribution < 1.29 is 9.90 Å². The van der Waals surface area contributed by atoms with E-state index in [1.54, 1.807) is 4.90 Å². The van der Waals surface area contributed by atoms with Gasteiger partial charge >= 0.3 is 0 Å². The third kappa shape index (κ3) is 2.26. The van der Waals surface area contributed by atoms with Crippen molar-refractivity contribution in [2.45, 2.75) is 32.9 Å². The summed E-state index contributed by atoms with van der Waals surface area (Å²) in [4.78, 5) is 14.1. The van der Waals surface area contributed by atoms with Gasteiger partial charge < -0.3 is 10.0 Å². The van der Waals surface area contributed by atoms with E-state index >= 15 is 0 Å². The monoisotopic (exact) mass is 248 g/mol. The van der Waals surface area contributed by atoms with Gasteiger partial charge in [-0.1, -0.05) is 18.2 Å². The molecule has 4 heteroatoms. The van der Waals surface area contributed by atoms with Crippen molar-refractivity contribution in [1.29, 1.82) is 0 Å². The van der Waals surface area contributed by atoms with Gasteiger partial charge in [-0.15, -0.1) is 0 Å². The smallest absolute Gasteiger partial charge is 0.246 e. The van der Waals surface area contributed by atoms with Crippen molar-refractivity contribution in [2.24, 2.45) is 0 Å². The number of rotatable bonds is 2. The molecule has 1 aromatic carbocycles. The molecule has 2 atom stereocenters. The summed E-state index contributed by atoms with van der Waals surface area (Å²) in [6.45, 7) is 6.52. The quantitative estimate of drug-likeness (QED) is 0.820. The first-order valence-corrected chi connectivity index (χ1v) is 6.29. The van der Waals surface area contributed by atoms with Crippen LogP contribution >= 0.6 is 0 Å². The van der Waals surface area contributed by atoms with E-state index in [-0.39, 0.29) is 18.6 Å². The van der Waals surface area contributed by atoms with Gasteiger partial charge in [-0.25, -0.2) is 0 Å². The summed E-state index contributed by atoms with van der Waals surface area (Å²) in [5.74, 6) is -0.0481. The molecule has 1 aromatic rings. The van der Waals surface area contributed by atoms with Crippen molar-refractivity contribution >= 4 is 11.6 Å². The molecule has 1 aliphatic rings. The van der Waals surface area contributed by atoms with Gasteiger partial charge in [0.25, 0.3) is 0 Å². The number of aryl methyl sites for hydroxylation is 2. The minimum absolute atomic E-state index is 0.0481. The first kappa shape index (κ1) is 13.1. The van der Waals surface area contributed by atoms with Gasteiger partial charge in [0.1, 0.15) is 6.04 Å². The third-order valence-electron chi connectivity index (χ3n) is 3.40. The molecular formula is C14H20N2O2. The van der Waals surface area contributed by atoms with E-state index in [0.29, 0.717) is 6.54 Å². The fourth-order valence-electron chi connectivity index (χ4n) is 2.58. The van der Waals surface area contributed by atoms with Crippen molar-refractivity contribution in [2.75, 3.05) is 18.1 Å². The average molecular weight is 248 g/mol. The lowest BCUT2D eigenvalue weighted by atomic mass is 10.0. The normalized spacial score (nSPS) is 24.4. The Kier molecular flexibility index (Phi) is 3.68. The summed E-state index contributed by atoms with van der Waals surface area (Å²) in [5.41, 5.74) is 3.16. The van der Waals surface area contributed by atoms with Crippen LogP contribution < -0.4 is 10.2 Å². The zero-order chi connectivity index (χ0) is 13.3. The highest BCUT2D eigenvalue weighted by atomic mass is 16.3. The van der Waals surface area contributed by atoms with E-state index in [2.05, 4.69) is 5.32 Å². The Labute approximate surface area is 108 Å². The van der Waals surface area contributed by atoms with Gasteiger partial charge in [0.2, 0.25) is 5.91 Å². The molecule has 0 radical (unpaired) electrons. The molecule has 1 aliphatic heterocycles. The van der Waals surface area contributed by atoms with E-state index in [1.807, 2.05) is 39.0 Å². The first-order chi connectivity index (χ1) is 8.54. The lowest BCUT2D eigenvalue weighted by molar-refractivity contribution is -0.123. The Balaban J connectivity index is 2.39. The van der Waals surface area contributed by atoms with Crippen LogP contribution in [0.4, 0.5) is 5.69 Å². The Hall–Kier alpha value is -1.39. The molecule has 1 saturated heterocycles. The predicted molar refractivity (Wildman–Crippen MR) is 71.7 cm³/mol. The van der Waals surface area contributed by atoms with Crippen LogP contribution in [0.25, 0.3) is 0 Å². The SMILES string of the molecule is Cc1cccc(C)c1N1CC(C)NC(CO)C1=O. The number of amides is 1. The average Bonchev–Trinajstić information content (AvgIpc) is 2.32. The Morgan fingerprint density at radius 2 is 2.00 bits per heavy atom. The number of aliphatic hydroxyl groups is 1. The molecule has 18 heavy (non-hydrogen) atoms. The van der Waals surface area contributed by atoms with Gasteiger partial charge in [0.05, 0.1) is 6.61 Å². The van der Waals surface area contributed by atoms with Crippen LogP contribution in [0.3, 0.4) is 0 Å². The minimum atomic E-state index is -0.493. The Morgan fingerprint density at radius 1 is 1.39 bits per heavy atom. The number of carbonyl (C=O) groups is 1. The highest BCUT2D eigenvalue weighted by molar-refractivity contribution is 5.99. The van der Waals surface area contributed by atoms with Crippen molar-refractivity contribution in [3.05, 3.63) is 29.3 Å². The number of benzene rings is 1. The summed E-state index contributed by atoms with van der Waals surface area (Å²) < 4.78 is 0. The fourth-order valence-corrected chi connectivity index (χ4v) is 2.58. The largest absolute Gasteiger partial charge is 0.394 e. The maximum Gasteiger partial charge on any atom is 0.246 e. The number of piperazine rings is 1. The zero-order valence-corrected chi connectivity index (χ0v) is 11.1. The second kappa shape index (κ2) is 5.08.